The van der Waals surface area contributed by atoms with Crippen LogP contribution < -0.4 is 9.46 Å². The van der Waals surface area contributed by atoms with Gasteiger partial charge in [-0.15, -0.1) is 0 Å². The van der Waals surface area contributed by atoms with Gasteiger partial charge in [0.1, 0.15) is 5.75 Å². The number of ketones is 1. The van der Waals surface area contributed by atoms with Crippen LogP contribution in [0, 0.1) is 0 Å². The molecule has 2 aromatic rings. The molecule has 0 aliphatic rings. The fourth-order valence-electron chi connectivity index (χ4n) is 1.91. The Morgan fingerprint density at radius 2 is 1.82 bits per heavy atom. The summed E-state index contributed by atoms with van der Waals surface area (Å²) in [7, 11) is -3.74. The lowest BCUT2D eigenvalue weighted by Crippen LogP contribution is -2.14. The zero-order valence-electron chi connectivity index (χ0n) is 12.4. The van der Waals surface area contributed by atoms with Gasteiger partial charge in [0.05, 0.1) is 17.2 Å². The van der Waals surface area contributed by atoms with Gasteiger partial charge in [-0.1, -0.05) is 18.2 Å². The van der Waals surface area contributed by atoms with E-state index >= 15 is 0 Å². The van der Waals surface area contributed by atoms with E-state index in [0.29, 0.717) is 17.9 Å². The predicted octanol–water partition coefficient (Wildman–Crippen LogP) is 3.09. The van der Waals surface area contributed by atoms with Crippen LogP contribution >= 0.6 is 0 Å². The number of carbonyl (C=O) groups is 1. The zero-order valence-corrected chi connectivity index (χ0v) is 13.2. The number of hydrogen-bond acceptors (Lipinski definition) is 4. The minimum atomic E-state index is -3.74. The highest BCUT2D eigenvalue weighted by molar-refractivity contribution is 7.92. The zero-order chi connectivity index (χ0) is 16.2. The van der Waals surface area contributed by atoms with Crippen molar-refractivity contribution < 1.29 is 17.9 Å². The molecule has 22 heavy (non-hydrogen) atoms. The molecule has 0 bridgehead atoms. The first-order chi connectivity index (χ1) is 10.4. The van der Waals surface area contributed by atoms with Crippen LogP contribution in [0.1, 0.15) is 24.2 Å². The van der Waals surface area contributed by atoms with Crippen molar-refractivity contribution in [3.63, 3.8) is 0 Å². The molecule has 0 saturated heterocycles. The molecule has 0 unspecified atom stereocenters. The summed E-state index contributed by atoms with van der Waals surface area (Å²) in [6.07, 6.45) is 0. The molecule has 0 amide bonds. The molecule has 6 heteroatoms. The van der Waals surface area contributed by atoms with E-state index in [0.717, 1.165) is 0 Å². The predicted molar refractivity (Wildman–Crippen MR) is 84.9 cm³/mol. The number of anilines is 1. The largest absolute Gasteiger partial charge is 0.492 e. The molecular weight excluding hydrogens is 302 g/mol. The Morgan fingerprint density at radius 3 is 2.41 bits per heavy atom. The Labute approximate surface area is 130 Å². The first-order valence-electron chi connectivity index (χ1n) is 6.79. The first kappa shape index (κ1) is 16.0. The van der Waals surface area contributed by atoms with Crippen LogP contribution in [0.4, 0.5) is 5.69 Å². The summed E-state index contributed by atoms with van der Waals surface area (Å²) in [5.41, 5.74) is 0.660. The van der Waals surface area contributed by atoms with E-state index in [4.69, 9.17) is 4.74 Å². The Bertz CT molecular complexity index is 770. The first-order valence-corrected chi connectivity index (χ1v) is 8.28. The second kappa shape index (κ2) is 6.62. The van der Waals surface area contributed by atoms with Crippen molar-refractivity contribution in [1.29, 1.82) is 0 Å². The summed E-state index contributed by atoms with van der Waals surface area (Å²) in [5, 5.41) is 0. The molecule has 1 N–H and O–H groups in total. The van der Waals surface area contributed by atoms with E-state index in [1.807, 2.05) is 0 Å². The Balaban J connectivity index is 2.42. The molecule has 2 rings (SSSR count). The van der Waals surface area contributed by atoms with Crippen LogP contribution in [0.15, 0.2) is 53.4 Å². The van der Waals surface area contributed by atoms with Crippen molar-refractivity contribution >= 4 is 21.5 Å². The van der Waals surface area contributed by atoms with E-state index in [1.165, 1.54) is 25.1 Å². The van der Waals surface area contributed by atoms with Crippen molar-refractivity contribution in [3.05, 3.63) is 54.1 Å². The minimum absolute atomic E-state index is 0.144. The molecule has 0 aromatic heterocycles. The van der Waals surface area contributed by atoms with Gasteiger partial charge in [-0.3, -0.25) is 9.52 Å². The highest BCUT2D eigenvalue weighted by atomic mass is 32.2. The van der Waals surface area contributed by atoms with Gasteiger partial charge in [0.2, 0.25) is 0 Å². The number of ether oxygens (including phenoxy) is 1. The minimum Gasteiger partial charge on any atom is -0.492 e. The van der Waals surface area contributed by atoms with Crippen molar-refractivity contribution in [3.8, 4) is 5.75 Å². The van der Waals surface area contributed by atoms with E-state index in [9.17, 15) is 13.2 Å². The fraction of sp³-hybridized carbons (Fsp3) is 0.188. The summed E-state index contributed by atoms with van der Waals surface area (Å²) >= 11 is 0. The van der Waals surface area contributed by atoms with E-state index in [-0.39, 0.29) is 16.4 Å². The van der Waals surface area contributed by atoms with Crippen LogP contribution in [0.3, 0.4) is 0 Å². The van der Waals surface area contributed by atoms with Gasteiger partial charge in [-0.25, -0.2) is 8.42 Å². The molecule has 116 valence electrons. The second-order valence-corrected chi connectivity index (χ2v) is 6.30. The molecule has 2 aromatic carbocycles. The lowest BCUT2D eigenvalue weighted by Gasteiger charge is -2.14. The third-order valence-corrected chi connectivity index (χ3v) is 4.37. The normalized spacial score (nSPS) is 11.0. The number of hydrogen-bond donors (Lipinski definition) is 1. The Hall–Kier alpha value is -2.34. The van der Waals surface area contributed by atoms with Crippen molar-refractivity contribution in [2.24, 2.45) is 0 Å². The number of sulfonamides is 1. The van der Waals surface area contributed by atoms with Crippen LogP contribution in [0.25, 0.3) is 0 Å². The highest BCUT2D eigenvalue weighted by Gasteiger charge is 2.17. The van der Waals surface area contributed by atoms with Gasteiger partial charge >= 0.3 is 0 Å². The standard InChI is InChI=1S/C16H17NO4S/c1-3-21-16-10-9-13(12(2)18)11-15(16)17-22(19,20)14-7-5-4-6-8-14/h4-11,17H,3H2,1-2H3. The van der Waals surface area contributed by atoms with Gasteiger partial charge in [-0.05, 0) is 44.2 Å². The smallest absolute Gasteiger partial charge is 0.262 e. The number of nitrogens with one attached hydrogen (secondary N) is 1. The maximum absolute atomic E-state index is 12.4. The number of benzene rings is 2. The molecule has 0 heterocycles. The third kappa shape index (κ3) is 3.65. The van der Waals surface area contributed by atoms with Gasteiger partial charge < -0.3 is 4.74 Å². The van der Waals surface area contributed by atoms with Gasteiger partial charge in [-0.2, -0.15) is 0 Å². The molecule has 0 fully saturated rings. The SMILES string of the molecule is CCOc1ccc(C(C)=O)cc1NS(=O)(=O)c1ccccc1. The number of Topliss-reactive ketones (excluding diaryl/α,β-unsaturated/α-hetero) is 1. The van der Waals surface area contributed by atoms with Crippen LogP contribution in [0.5, 0.6) is 5.75 Å². The molecule has 0 saturated carbocycles. The summed E-state index contributed by atoms with van der Waals surface area (Å²) in [5.74, 6) is 0.232. The van der Waals surface area contributed by atoms with Gasteiger partial charge in [0.25, 0.3) is 10.0 Å². The molecule has 0 atom stereocenters. The summed E-state index contributed by atoms with van der Waals surface area (Å²) in [4.78, 5) is 11.6. The summed E-state index contributed by atoms with van der Waals surface area (Å²) in [6, 6.07) is 12.7. The molecule has 0 radical (unpaired) electrons. The molecule has 0 aliphatic carbocycles. The average molecular weight is 319 g/mol. The molecular formula is C16H17NO4S. The van der Waals surface area contributed by atoms with Crippen LogP contribution in [0.2, 0.25) is 0 Å². The lowest BCUT2D eigenvalue weighted by molar-refractivity contribution is 0.101. The van der Waals surface area contributed by atoms with E-state index in [2.05, 4.69) is 4.72 Å². The quantitative estimate of drug-likeness (QED) is 0.830. The maximum Gasteiger partial charge on any atom is 0.262 e. The number of rotatable bonds is 6. The maximum atomic E-state index is 12.4. The summed E-state index contributed by atoms with van der Waals surface area (Å²) in [6.45, 7) is 3.61. The van der Waals surface area contributed by atoms with Crippen LogP contribution in [-0.4, -0.2) is 20.8 Å². The Morgan fingerprint density at radius 1 is 1.14 bits per heavy atom. The van der Waals surface area contributed by atoms with Crippen molar-refractivity contribution in [2.45, 2.75) is 18.7 Å². The lowest BCUT2D eigenvalue weighted by atomic mass is 10.1. The van der Waals surface area contributed by atoms with Crippen LogP contribution in [-0.2, 0) is 10.0 Å². The average Bonchev–Trinajstić information content (AvgIpc) is 2.49. The molecule has 0 spiro atoms. The van der Waals surface area contributed by atoms with Gasteiger partial charge in [0.15, 0.2) is 5.78 Å². The van der Waals surface area contributed by atoms with Crippen molar-refractivity contribution in [2.75, 3.05) is 11.3 Å². The highest BCUT2D eigenvalue weighted by Crippen LogP contribution is 2.28. The second-order valence-electron chi connectivity index (χ2n) is 4.62. The monoisotopic (exact) mass is 319 g/mol. The summed E-state index contributed by atoms with van der Waals surface area (Å²) < 4.78 is 32.7. The molecule has 5 nitrogen and oxygen atoms in total. The topological polar surface area (TPSA) is 72.5 Å². The third-order valence-electron chi connectivity index (χ3n) is 2.98. The number of carbonyl (C=O) groups excluding carboxylic acids is 1. The van der Waals surface area contributed by atoms with E-state index in [1.54, 1.807) is 37.3 Å². The van der Waals surface area contributed by atoms with E-state index < -0.39 is 10.0 Å². The molecule has 0 aliphatic heterocycles. The fourth-order valence-corrected chi connectivity index (χ4v) is 3.00. The van der Waals surface area contributed by atoms with Crippen molar-refractivity contribution in [1.82, 2.24) is 0 Å². The van der Waals surface area contributed by atoms with Gasteiger partial charge in [0, 0.05) is 5.56 Å². The Kier molecular flexibility index (Phi) is 4.82.